The van der Waals surface area contributed by atoms with Crippen LogP contribution in [0.2, 0.25) is 0 Å². The Kier molecular flexibility index (Phi) is 6.25. The topological polar surface area (TPSA) is 64.0 Å². The second-order valence-corrected chi connectivity index (χ2v) is 8.46. The Morgan fingerprint density at radius 1 is 1.07 bits per heavy atom. The zero-order valence-electron chi connectivity index (χ0n) is 15.9. The number of nitrogens with one attached hydrogen (secondary N) is 1. The molecule has 2 aromatic heterocycles. The maximum atomic E-state index is 13.2. The molecule has 4 aromatic rings. The molecule has 152 valence electrons. The van der Waals surface area contributed by atoms with E-state index in [1.165, 1.54) is 35.2 Å². The fourth-order valence-corrected chi connectivity index (χ4v) is 4.53. The first kappa shape index (κ1) is 20.3. The summed E-state index contributed by atoms with van der Waals surface area (Å²) in [6.07, 6.45) is 0. The van der Waals surface area contributed by atoms with Crippen molar-refractivity contribution in [3.8, 4) is 0 Å². The van der Waals surface area contributed by atoms with Crippen molar-refractivity contribution in [2.24, 2.45) is 0 Å². The van der Waals surface area contributed by atoms with Gasteiger partial charge in [-0.3, -0.25) is 14.2 Å². The first-order valence-corrected chi connectivity index (χ1v) is 11.1. The number of carbonyl (C=O) groups excluding carboxylic acids is 1. The maximum Gasteiger partial charge on any atom is 0.272 e. The molecule has 0 bridgehead atoms. The van der Waals surface area contributed by atoms with E-state index >= 15 is 0 Å². The van der Waals surface area contributed by atoms with Gasteiger partial charge >= 0.3 is 0 Å². The third-order valence-corrected chi connectivity index (χ3v) is 6.32. The summed E-state index contributed by atoms with van der Waals surface area (Å²) in [6, 6.07) is 17.5. The molecule has 1 amide bonds. The Morgan fingerprint density at radius 3 is 2.60 bits per heavy atom. The number of thiophene rings is 1. The van der Waals surface area contributed by atoms with Crippen LogP contribution in [-0.2, 0) is 17.9 Å². The van der Waals surface area contributed by atoms with Crippen molar-refractivity contribution < 1.29 is 9.18 Å². The van der Waals surface area contributed by atoms with Gasteiger partial charge in [-0.15, -0.1) is 11.3 Å². The number of hydrogen-bond donors (Lipinski definition) is 1. The number of amides is 1. The van der Waals surface area contributed by atoms with Crippen LogP contribution in [0.5, 0.6) is 0 Å². The van der Waals surface area contributed by atoms with Crippen molar-refractivity contribution in [3.05, 3.63) is 93.3 Å². The van der Waals surface area contributed by atoms with Gasteiger partial charge in [-0.2, -0.15) is 0 Å². The van der Waals surface area contributed by atoms with Crippen molar-refractivity contribution in [3.63, 3.8) is 0 Å². The van der Waals surface area contributed by atoms with Crippen LogP contribution >= 0.6 is 23.1 Å². The lowest BCUT2D eigenvalue weighted by Gasteiger charge is -2.12. The highest BCUT2D eigenvalue weighted by Crippen LogP contribution is 2.21. The standard InChI is InChI=1S/C22H18FN3O2S2/c23-17-8-6-16(7-9-17)13-26-21(28)20-18(10-11-29-20)25-22(26)30-14-19(27)24-12-15-4-2-1-3-5-15/h1-11H,12-14H2,(H,24,27). The van der Waals surface area contributed by atoms with Gasteiger partial charge in [0.25, 0.3) is 5.56 Å². The summed E-state index contributed by atoms with van der Waals surface area (Å²) in [5, 5.41) is 5.16. The predicted molar refractivity (Wildman–Crippen MR) is 118 cm³/mol. The zero-order chi connectivity index (χ0) is 20.9. The van der Waals surface area contributed by atoms with Gasteiger partial charge in [0.15, 0.2) is 5.16 Å². The number of benzene rings is 2. The SMILES string of the molecule is O=C(CSc1nc2ccsc2c(=O)n1Cc1ccc(F)cc1)NCc1ccccc1. The summed E-state index contributed by atoms with van der Waals surface area (Å²) in [6.45, 7) is 0.702. The van der Waals surface area contributed by atoms with Gasteiger partial charge < -0.3 is 5.32 Å². The molecule has 5 nitrogen and oxygen atoms in total. The number of halogens is 1. The maximum absolute atomic E-state index is 13.2. The Balaban J connectivity index is 1.52. The number of rotatable bonds is 7. The van der Waals surface area contributed by atoms with Crippen LogP contribution in [0.3, 0.4) is 0 Å². The van der Waals surface area contributed by atoms with E-state index in [2.05, 4.69) is 10.3 Å². The van der Waals surface area contributed by atoms with Gasteiger partial charge in [0.2, 0.25) is 5.91 Å². The van der Waals surface area contributed by atoms with Gasteiger partial charge in [-0.05, 0) is 34.7 Å². The van der Waals surface area contributed by atoms with E-state index in [0.29, 0.717) is 21.9 Å². The first-order valence-electron chi connectivity index (χ1n) is 9.26. The van der Waals surface area contributed by atoms with Gasteiger partial charge in [-0.25, -0.2) is 9.37 Å². The quantitative estimate of drug-likeness (QED) is 0.349. The fraction of sp³-hybridized carbons (Fsp3) is 0.136. The summed E-state index contributed by atoms with van der Waals surface area (Å²) in [7, 11) is 0. The second-order valence-electron chi connectivity index (χ2n) is 6.60. The van der Waals surface area contributed by atoms with E-state index in [4.69, 9.17) is 0 Å². The van der Waals surface area contributed by atoms with Crippen LogP contribution in [0.15, 0.2) is 76.0 Å². The molecule has 0 unspecified atom stereocenters. The van der Waals surface area contributed by atoms with Gasteiger partial charge in [-0.1, -0.05) is 54.2 Å². The van der Waals surface area contributed by atoms with E-state index < -0.39 is 0 Å². The van der Waals surface area contributed by atoms with Crippen LogP contribution in [-0.4, -0.2) is 21.2 Å². The number of aromatic nitrogens is 2. The molecule has 0 aliphatic heterocycles. The monoisotopic (exact) mass is 439 g/mol. The molecule has 30 heavy (non-hydrogen) atoms. The number of fused-ring (bicyclic) bond motifs is 1. The largest absolute Gasteiger partial charge is 0.351 e. The number of hydrogen-bond acceptors (Lipinski definition) is 5. The summed E-state index contributed by atoms with van der Waals surface area (Å²) >= 11 is 2.55. The molecule has 0 saturated carbocycles. The minimum absolute atomic E-state index is 0.137. The number of carbonyl (C=O) groups is 1. The molecular formula is C22H18FN3O2S2. The van der Waals surface area contributed by atoms with Crippen LogP contribution in [0, 0.1) is 5.82 Å². The van der Waals surface area contributed by atoms with E-state index in [1.807, 2.05) is 35.7 Å². The van der Waals surface area contributed by atoms with Crippen molar-refractivity contribution in [2.45, 2.75) is 18.2 Å². The predicted octanol–water partition coefficient (Wildman–Crippen LogP) is 4.05. The lowest BCUT2D eigenvalue weighted by atomic mass is 10.2. The highest BCUT2D eigenvalue weighted by molar-refractivity contribution is 7.99. The van der Waals surface area contributed by atoms with E-state index in [9.17, 15) is 14.0 Å². The molecule has 2 aromatic carbocycles. The van der Waals surface area contributed by atoms with Crippen LogP contribution in [0.4, 0.5) is 4.39 Å². The highest BCUT2D eigenvalue weighted by atomic mass is 32.2. The summed E-state index contributed by atoms with van der Waals surface area (Å²) < 4.78 is 15.3. The molecule has 0 aliphatic carbocycles. The average molecular weight is 440 g/mol. The number of nitrogens with zero attached hydrogens (tertiary/aromatic N) is 2. The molecule has 0 fully saturated rings. The van der Waals surface area contributed by atoms with Gasteiger partial charge in [0, 0.05) is 6.54 Å². The number of thioether (sulfide) groups is 1. The minimum atomic E-state index is -0.331. The Morgan fingerprint density at radius 2 is 1.83 bits per heavy atom. The van der Waals surface area contributed by atoms with Crippen molar-refractivity contribution >= 4 is 39.2 Å². The third-order valence-electron chi connectivity index (χ3n) is 4.45. The zero-order valence-corrected chi connectivity index (χ0v) is 17.5. The normalized spacial score (nSPS) is 11.0. The molecule has 0 radical (unpaired) electrons. The van der Waals surface area contributed by atoms with Crippen molar-refractivity contribution in [1.29, 1.82) is 0 Å². The Labute approximate surface area is 180 Å². The van der Waals surface area contributed by atoms with Crippen molar-refractivity contribution in [2.75, 3.05) is 5.75 Å². The lowest BCUT2D eigenvalue weighted by Crippen LogP contribution is -2.26. The molecule has 0 spiro atoms. The molecule has 4 rings (SSSR count). The second kappa shape index (κ2) is 9.23. The first-order chi connectivity index (χ1) is 14.6. The molecule has 0 saturated heterocycles. The van der Waals surface area contributed by atoms with Crippen LogP contribution in [0.25, 0.3) is 10.2 Å². The van der Waals surface area contributed by atoms with E-state index in [-0.39, 0.29) is 29.6 Å². The molecule has 1 N–H and O–H groups in total. The molecule has 0 atom stereocenters. The fourth-order valence-electron chi connectivity index (χ4n) is 2.92. The van der Waals surface area contributed by atoms with Crippen LogP contribution in [0.1, 0.15) is 11.1 Å². The smallest absolute Gasteiger partial charge is 0.272 e. The summed E-state index contributed by atoms with van der Waals surface area (Å²) in [5.74, 6) is -0.335. The Bertz CT molecular complexity index is 1220. The molecule has 8 heteroatoms. The lowest BCUT2D eigenvalue weighted by molar-refractivity contribution is -0.118. The van der Waals surface area contributed by atoms with Gasteiger partial charge in [0.05, 0.1) is 17.8 Å². The van der Waals surface area contributed by atoms with Crippen LogP contribution < -0.4 is 10.9 Å². The van der Waals surface area contributed by atoms with E-state index in [0.717, 1.165) is 11.1 Å². The minimum Gasteiger partial charge on any atom is -0.351 e. The highest BCUT2D eigenvalue weighted by Gasteiger charge is 2.15. The average Bonchev–Trinajstić information content (AvgIpc) is 3.24. The third kappa shape index (κ3) is 4.77. The molecule has 0 aliphatic rings. The molecular weight excluding hydrogens is 421 g/mol. The summed E-state index contributed by atoms with van der Waals surface area (Å²) in [5.41, 5.74) is 2.26. The summed E-state index contributed by atoms with van der Waals surface area (Å²) in [4.78, 5) is 29.9. The van der Waals surface area contributed by atoms with E-state index in [1.54, 1.807) is 22.8 Å². The van der Waals surface area contributed by atoms with Gasteiger partial charge in [0.1, 0.15) is 10.5 Å². The van der Waals surface area contributed by atoms with Crippen molar-refractivity contribution in [1.82, 2.24) is 14.9 Å². The Hall–Kier alpha value is -2.97. The molecule has 2 heterocycles.